The maximum atomic E-state index is 12.7. The number of carbonyl (C=O) groups excluding carboxylic acids is 1. The first-order chi connectivity index (χ1) is 15.9. The molecule has 0 aliphatic heterocycles. The number of methoxy groups -OCH3 is 1. The third kappa shape index (κ3) is 4.68. The minimum atomic E-state index is -0.453. The van der Waals surface area contributed by atoms with E-state index in [1.807, 2.05) is 60.9 Å². The molecule has 0 spiro atoms. The number of fused-ring (bicyclic) bond motifs is 1. The first kappa shape index (κ1) is 22.3. The van der Waals surface area contributed by atoms with Crippen LogP contribution in [0.25, 0.3) is 16.7 Å². The second kappa shape index (κ2) is 9.33. The lowest BCUT2D eigenvalue weighted by molar-refractivity contribution is -0.384. The molecule has 0 fully saturated rings. The van der Waals surface area contributed by atoms with Crippen molar-refractivity contribution >= 4 is 40.1 Å². The predicted molar refractivity (Wildman–Crippen MR) is 130 cm³/mol. The number of hydrogen-bond donors (Lipinski definition) is 1. The molecule has 4 aromatic rings. The number of thioether (sulfide) groups is 1. The SMILES string of the molecule is COc1ccccc1-n1c(SCC(=O)Nc2ccc(C)cc2C)nc2cc([N+](=O)[O-])ccc21. The molecule has 168 valence electrons. The first-order valence-electron chi connectivity index (χ1n) is 10.2. The van der Waals surface area contributed by atoms with Crippen molar-refractivity contribution in [2.75, 3.05) is 18.2 Å². The van der Waals surface area contributed by atoms with Crippen molar-refractivity contribution in [3.05, 3.63) is 81.9 Å². The zero-order valence-corrected chi connectivity index (χ0v) is 19.2. The number of nitrogens with one attached hydrogen (secondary N) is 1. The van der Waals surface area contributed by atoms with E-state index in [4.69, 9.17) is 4.74 Å². The number of hydrogen-bond acceptors (Lipinski definition) is 6. The van der Waals surface area contributed by atoms with Crippen LogP contribution in [0.15, 0.2) is 65.8 Å². The van der Waals surface area contributed by atoms with Gasteiger partial charge in [0.1, 0.15) is 5.75 Å². The first-order valence-corrected chi connectivity index (χ1v) is 11.2. The summed E-state index contributed by atoms with van der Waals surface area (Å²) in [6.07, 6.45) is 0. The largest absolute Gasteiger partial charge is 0.495 e. The quantitative estimate of drug-likeness (QED) is 0.228. The lowest BCUT2D eigenvalue weighted by atomic mass is 10.1. The summed E-state index contributed by atoms with van der Waals surface area (Å²) in [6.45, 7) is 3.95. The Bertz CT molecular complexity index is 1370. The molecule has 4 rings (SSSR count). The number of para-hydroxylation sites is 2. The second-order valence-corrected chi connectivity index (χ2v) is 8.43. The molecule has 0 unspecified atom stereocenters. The molecular weight excluding hydrogens is 440 g/mol. The average Bonchev–Trinajstić information content (AvgIpc) is 3.16. The van der Waals surface area contributed by atoms with Gasteiger partial charge in [-0.25, -0.2) is 4.98 Å². The van der Waals surface area contributed by atoms with Crippen LogP contribution in [0.4, 0.5) is 11.4 Å². The summed E-state index contributed by atoms with van der Waals surface area (Å²) in [5.74, 6) is 0.571. The molecule has 1 aromatic heterocycles. The third-order valence-electron chi connectivity index (χ3n) is 5.13. The lowest BCUT2D eigenvalue weighted by Crippen LogP contribution is -2.15. The maximum Gasteiger partial charge on any atom is 0.271 e. The number of anilines is 1. The zero-order chi connectivity index (χ0) is 23.5. The molecular formula is C24H22N4O4S. The van der Waals surface area contributed by atoms with Crippen LogP contribution in [0.3, 0.4) is 0 Å². The van der Waals surface area contributed by atoms with E-state index in [1.54, 1.807) is 13.2 Å². The van der Waals surface area contributed by atoms with E-state index in [2.05, 4.69) is 10.3 Å². The highest BCUT2D eigenvalue weighted by atomic mass is 32.2. The van der Waals surface area contributed by atoms with Gasteiger partial charge in [-0.15, -0.1) is 0 Å². The van der Waals surface area contributed by atoms with E-state index in [0.29, 0.717) is 21.9 Å². The minimum Gasteiger partial charge on any atom is -0.495 e. The van der Waals surface area contributed by atoms with E-state index >= 15 is 0 Å². The van der Waals surface area contributed by atoms with Crippen molar-refractivity contribution in [3.8, 4) is 11.4 Å². The number of nitro groups is 1. The van der Waals surface area contributed by atoms with Crippen LogP contribution < -0.4 is 10.1 Å². The molecule has 3 aromatic carbocycles. The summed E-state index contributed by atoms with van der Waals surface area (Å²) in [4.78, 5) is 28.1. The molecule has 0 radical (unpaired) electrons. The smallest absolute Gasteiger partial charge is 0.271 e. The number of rotatable bonds is 7. The van der Waals surface area contributed by atoms with Gasteiger partial charge >= 0.3 is 0 Å². The van der Waals surface area contributed by atoms with Crippen molar-refractivity contribution in [3.63, 3.8) is 0 Å². The minimum absolute atomic E-state index is 0.0451. The topological polar surface area (TPSA) is 99.3 Å². The fraction of sp³-hybridized carbons (Fsp3) is 0.167. The summed E-state index contributed by atoms with van der Waals surface area (Å²) in [5.41, 5.74) is 4.71. The summed E-state index contributed by atoms with van der Waals surface area (Å²) in [6, 6.07) is 17.8. The number of aromatic nitrogens is 2. The van der Waals surface area contributed by atoms with Gasteiger partial charge in [-0.1, -0.05) is 41.6 Å². The standard InChI is InChI=1S/C24H22N4O4S/c1-15-8-10-18(16(2)12-15)25-23(29)14-33-24-26-19-13-17(28(30)31)9-11-20(19)27(24)21-6-4-5-7-22(21)32-3/h4-13H,14H2,1-3H3,(H,25,29). The Morgan fingerprint density at radius 3 is 2.67 bits per heavy atom. The molecule has 0 aliphatic carbocycles. The van der Waals surface area contributed by atoms with Crippen LogP contribution in [-0.4, -0.2) is 33.2 Å². The highest BCUT2D eigenvalue weighted by molar-refractivity contribution is 7.99. The zero-order valence-electron chi connectivity index (χ0n) is 18.4. The van der Waals surface area contributed by atoms with Gasteiger partial charge in [-0.3, -0.25) is 19.5 Å². The monoisotopic (exact) mass is 462 g/mol. The van der Waals surface area contributed by atoms with Gasteiger partial charge in [-0.2, -0.15) is 0 Å². The number of non-ortho nitro benzene ring substituents is 1. The number of benzene rings is 3. The highest BCUT2D eigenvalue weighted by Gasteiger charge is 2.19. The van der Waals surface area contributed by atoms with Gasteiger partial charge in [0.05, 0.1) is 34.5 Å². The summed E-state index contributed by atoms with van der Waals surface area (Å²) in [5, 5.41) is 14.7. The van der Waals surface area contributed by atoms with Crippen molar-refractivity contribution in [1.82, 2.24) is 9.55 Å². The van der Waals surface area contributed by atoms with E-state index in [1.165, 1.54) is 23.9 Å². The molecule has 1 N–H and O–H groups in total. The number of nitro benzene ring substituents is 1. The van der Waals surface area contributed by atoms with Crippen LogP contribution in [0, 0.1) is 24.0 Å². The average molecular weight is 463 g/mol. The third-order valence-corrected chi connectivity index (χ3v) is 6.07. The molecule has 1 heterocycles. The van der Waals surface area contributed by atoms with E-state index in [9.17, 15) is 14.9 Å². The lowest BCUT2D eigenvalue weighted by Gasteiger charge is -2.13. The van der Waals surface area contributed by atoms with Crippen LogP contribution >= 0.6 is 11.8 Å². The molecule has 0 saturated carbocycles. The molecule has 0 saturated heterocycles. The van der Waals surface area contributed by atoms with Crippen molar-refractivity contribution in [2.45, 2.75) is 19.0 Å². The molecule has 0 bridgehead atoms. The molecule has 1 amide bonds. The van der Waals surface area contributed by atoms with Crippen LogP contribution in [-0.2, 0) is 4.79 Å². The Hall–Kier alpha value is -3.85. The van der Waals surface area contributed by atoms with Gasteiger partial charge in [0, 0.05) is 17.8 Å². The number of aryl methyl sites for hydroxylation is 2. The molecule has 8 nitrogen and oxygen atoms in total. The Morgan fingerprint density at radius 2 is 1.94 bits per heavy atom. The van der Waals surface area contributed by atoms with E-state index in [0.717, 1.165) is 22.5 Å². The number of carbonyl (C=O) groups is 1. The van der Waals surface area contributed by atoms with Crippen molar-refractivity contribution in [2.24, 2.45) is 0 Å². The predicted octanol–water partition coefficient (Wildman–Crippen LogP) is 5.29. The Kier molecular flexibility index (Phi) is 6.32. The Balaban J connectivity index is 1.68. The second-order valence-electron chi connectivity index (χ2n) is 7.49. The Morgan fingerprint density at radius 1 is 1.15 bits per heavy atom. The van der Waals surface area contributed by atoms with E-state index < -0.39 is 4.92 Å². The van der Waals surface area contributed by atoms with Gasteiger partial charge < -0.3 is 10.1 Å². The number of amides is 1. The van der Waals surface area contributed by atoms with Gasteiger partial charge in [0.25, 0.3) is 5.69 Å². The summed E-state index contributed by atoms with van der Waals surface area (Å²) >= 11 is 1.25. The van der Waals surface area contributed by atoms with Crippen molar-refractivity contribution in [1.29, 1.82) is 0 Å². The number of ether oxygens (including phenoxy) is 1. The van der Waals surface area contributed by atoms with Gasteiger partial charge in [0.2, 0.25) is 5.91 Å². The molecule has 0 atom stereocenters. The number of imidazole rings is 1. The molecule has 0 aliphatic rings. The summed E-state index contributed by atoms with van der Waals surface area (Å²) < 4.78 is 7.37. The van der Waals surface area contributed by atoms with Crippen molar-refractivity contribution < 1.29 is 14.5 Å². The van der Waals surface area contributed by atoms with Crippen LogP contribution in [0.2, 0.25) is 0 Å². The molecule has 9 heteroatoms. The molecule has 33 heavy (non-hydrogen) atoms. The maximum absolute atomic E-state index is 12.7. The van der Waals surface area contributed by atoms with E-state index in [-0.39, 0.29) is 17.3 Å². The fourth-order valence-corrected chi connectivity index (χ4v) is 4.40. The highest BCUT2D eigenvalue weighted by Crippen LogP contribution is 2.34. The van der Waals surface area contributed by atoms with Gasteiger partial charge in [-0.05, 0) is 43.7 Å². The van der Waals surface area contributed by atoms with Gasteiger partial charge in [0.15, 0.2) is 5.16 Å². The van der Waals surface area contributed by atoms with Crippen LogP contribution in [0.5, 0.6) is 5.75 Å². The number of nitrogens with zero attached hydrogens (tertiary/aromatic N) is 3. The summed E-state index contributed by atoms with van der Waals surface area (Å²) in [7, 11) is 1.58. The fourth-order valence-electron chi connectivity index (χ4n) is 3.57. The Labute approximate surface area is 194 Å². The normalized spacial score (nSPS) is 10.9. The van der Waals surface area contributed by atoms with Crippen LogP contribution in [0.1, 0.15) is 11.1 Å².